The molecule has 0 spiro atoms. The SMILES string of the molecule is c1ccc2c(c1)sc1c3ccc(-c4ccc(-c5cccc6c(-c7ccc(-c8ccc9c(c8)sc8c%10ccccc%10sc98)cc7)cccc56)cc4)cc3sc21. The molecule has 0 fully saturated rings. The predicted octanol–water partition coefficient (Wildman–Crippen LogP) is 16.7. The Morgan fingerprint density at radius 2 is 0.556 bits per heavy atom. The zero-order valence-corrected chi connectivity index (χ0v) is 32.1. The van der Waals surface area contributed by atoms with Gasteiger partial charge in [0, 0.05) is 40.3 Å². The topological polar surface area (TPSA) is 0 Å². The second-order valence-corrected chi connectivity index (χ2v) is 18.2. The van der Waals surface area contributed by atoms with Crippen LogP contribution in [0.2, 0.25) is 0 Å². The lowest BCUT2D eigenvalue weighted by Gasteiger charge is -2.12. The molecule has 0 N–H and O–H groups in total. The van der Waals surface area contributed by atoms with E-state index in [1.165, 1.54) is 114 Å². The molecule has 0 radical (unpaired) electrons. The van der Waals surface area contributed by atoms with Gasteiger partial charge in [-0.05, 0) is 79.5 Å². The molecule has 4 aromatic heterocycles. The summed E-state index contributed by atoms with van der Waals surface area (Å²) in [5, 5.41) is 8.03. The number of hydrogen-bond donors (Lipinski definition) is 0. The van der Waals surface area contributed by atoms with Crippen molar-refractivity contribution in [2.45, 2.75) is 0 Å². The molecule has 0 saturated carbocycles. The standard InChI is InChI=1S/C50H28S4/c1-3-13-43-39(7-1)47-49(51-43)41-25-23-33(27-45(41)53-47)29-15-19-31(20-16-29)35-9-5-12-38-36(10-6-11-37(35)38)32-21-17-30(18-22-32)34-24-26-42-46(28-34)54-48-40-8-2-4-14-44(40)52-50(42)48/h1-28H. The molecule has 12 aromatic rings. The van der Waals surface area contributed by atoms with Gasteiger partial charge in [-0.1, -0.05) is 146 Å². The van der Waals surface area contributed by atoms with Crippen LogP contribution in [0.3, 0.4) is 0 Å². The molecule has 0 aliphatic carbocycles. The van der Waals surface area contributed by atoms with E-state index in [0.717, 1.165) is 0 Å². The third-order valence-electron chi connectivity index (χ3n) is 11.0. The Morgan fingerprint density at radius 3 is 1.00 bits per heavy atom. The second-order valence-electron chi connectivity index (χ2n) is 14.0. The summed E-state index contributed by atoms with van der Waals surface area (Å²) in [7, 11) is 0. The maximum Gasteiger partial charge on any atom is 0.0542 e. The van der Waals surface area contributed by atoms with Crippen LogP contribution in [-0.2, 0) is 0 Å². The van der Waals surface area contributed by atoms with E-state index < -0.39 is 0 Å². The van der Waals surface area contributed by atoms with Crippen LogP contribution in [0.25, 0.3) is 114 Å². The van der Waals surface area contributed by atoms with Crippen LogP contribution in [0.1, 0.15) is 0 Å². The van der Waals surface area contributed by atoms with Crippen LogP contribution in [-0.4, -0.2) is 0 Å². The summed E-state index contributed by atoms with van der Waals surface area (Å²) < 4.78 is 11.1. The van der Waals surface area contributed by atoms with Crippen LogP contribution in [0, 0.1) is 0 Å². The van der Waals surface area contributed by atoms with E-state index >= 15 is 0 Å². The van der Waals surface area contributed by atoms with Gasteiger partial charge in [-0.2, -0.15) is 0 Å². The minimum atomic E-state index is 1.23. The van der Waals surface area contributed by atoms with Crippen molar-refractivity contribution < 1.29 is 0 Å². The predicted molar refractivity (Wildman–Crippen MR) is 242 cm³/mol. The van der Waals surface area contributed by atoms with Gasteiger partial charge in [-0.25, -0.2) is 0 Å². The maximum atomic E-state index is 2.37. The van der Waals surface area contributed by atoms with Crippen LogP contribution < -0.4 is 0 Å². The lowest BCUT2D eigenvalue weighted by atomic mass is 9.91. The third kappa shape index (κ3) is 4.71. The molecule has 0 amide bonds. The molecular formula is C50H28S4. The maximum absolute atomic E-state index is 2.37. The van der Waals surface area contributed by atoms with E-state index in [1.807, 2.05) is 45.3 Å². The lowest BCUT2D eigenvalue weighted by Crippen LogP contribution is -1.86. The van der Waals surface area contributed by atoms with Crippen molar-refractivity contribution in [3.05, 3.63) is 170 Å². The van der Waals surface area contributed by atoms with Crippen molar-refractivity contribution in [3.63, 3.8) is 0 Å². The van der Waals surface area contributed by atoms with E-state index in [1.54, 1.807) is 0 Å². The largest absolute Gasteiger partial charge is 0.134 e. The van der Waals surface area contributed by atoms with Gasteiger partial charge in [0.1, 0.15) is 0 Å². The molecule has 4 heteroatoms. The quantitative estimate of drug-likeness (QED) is 0.168. The summed E-state index contributed by atoms with van der Waals surface area (Å²) >= 11 is 7.66. The molecular weight excluding hydrogens is 729 g/mol. The first-order valence-corrected chi connectivity index (χ1v) is 21.4. The van der Waals surface area contributed by atoms with Gasteiger partial charge in [-0.15, -0.1) is 45.3 Å². The van der Waals surface area contributed by atoms with E-state index in [-0.39, 0.29) is 0 Å². The van der Waals surface area contributed by atoms with Gasteiger partial charge in [0.05, 0.1) is 18.8 Å². The van der Waals surface area contributed by atoms with Crippen LogP contribution in [0.5, 0.6) is 0 Å². The molecule has 0 saturated heterocycles. The minimum Gasteiger partial charge on any atom is -0.134 e. The van der Waals surface area contributed by atoms with Crippen LogP contribution >= 0.6 is 45.3 Å². The highest BCUT2D eigenvalue weighted by Crippen LogP contribution is 2.47. The summed E-state index contributed by atoms with van der Waals surface area (Å²) in [6.45, 7) is 0. The van der Waals surface area contributed by atoms with Gasteiger partial charge in [0.25, 0.3) is 0 Å². The Hall–Kier alpha value is -5.62. The summed E-state index contributed by atoms with van der Waals surface area (Å²) in [5.41, 5.74) is 10.0. The summed E-state index contributed by atoms with van der Waals surface area (Å²) in [6, 6.07) is 63.2. The smallest absolute Gasteiger partial charge is 0.0542 e. The molecule has 0 atom stereocenters. The van der Waals surface area contributed by atoms with Crippen molar-refractivity contribution in [1.82, 2.24) is 0 Å². The average molecular weight is 757 g/mol. The van der Waals surface area contributed by atoms with Crippen molar-refractivity contribution in [2.24, 2.45) is 0 Å². The monoisotopic (exact) mass is 756 g/mol. The van der Waals surface area contributed by atoms with Crippen LogP contribution in [0.4, 0.5) is 0 Å². The first-order chi connectivity index (χ1) is 26.7. The first kappa shape index (κ1) is 30.8. The zero-order chi connectivity index (χ0) is 35.3. The zero-order valence-electron chi connectivity index (χ0n) is 28.8. The van der Waals surface area contributed by atoms with Gasteiger partial charge in [0.2, 0.25) is 0 Å². The highest BCUT2D eigenvalue weighted by Gasteiger charge is 2.15. The molecule has 12 rings (SSSR count). The summed E-state index contributed by atoms with van der Waals surface area (Å²) in [6.07, 6.45) is 0. The minimum absolute atomic E-state index is 1.23. The fourth-order valence-corrected chi connectivity index (χ4v) is 13.7. The molecule has 252 valence electrons. The van der Waals surface area contributed by atoms with Crippen LogP contribution in [0.15, 0.2) is 170 Å². The Kier molecular flexibility index (Phi) is 6.81. The molecule has 0 nitrogen and oxygen atoms in total. The molecule has 0 bridgehead atoms. The highest BCUT2D eigenvalue weighted by atomic mass is 32.1. The first-order valence-electron chi connectivity index (χ1n) is 18.1. The van der Waals surface area contributed by atoms with Gasteiger partial charge in [0.15, 0.2) is 0 Å². The molecule has 54 heavy (non-hydrogen) atoms. The van der Waals surface area contributed by atoms with Gasteiger partial charge < -0.3 is 0 Å². The number of hydrogen-bond acceptors (Lipinski definition) is 4. The Labute approximate surface area is 327 Å². The number of benzene rings is 8. The molecule has 0 aliphatic rings. The Balaban J connectivity index is 0.855. The summed E-state index contributed by atoms with van der Waals surface area (Å²) in [5.74, 6) is 0. The fourth-order valence-electron chi connectivity index (χ4n) is 8.27. The highest BCUT2D eigenvalue weighted by molar-refractivity contribution is 7.37. The van der Waals surface area contributed by atoms with Crippen molar-refractivity contribution >= 4 is 115 Å². The summed E-state index contributed by atoms with van der Waals surface area (Å²) in [4.78, 5) is 0. The fraction of sp³-hybridized carbons (Fsp3) is 0. The Bertz CT molecular complexity index is 3190. The number of thiophene rings is 4. The van der Waals surface area contributed by atoms with Gasteiger partial charge >= 0.3 is 0 Å². The van der Waals surface area contributed by atoms with E-state index in [9.17, 15) is 0 Å². The second kappa shape index (κ2) is 11.9. The average Bonchev–Trinajstić information content (AvgIpc) is 3.98. The molecule has 0 unspecified atom stereocenters. The van der Waals surface area contributed by atoms with Crippen molar-refractivity contribution in [2.75, 3.05) is 0 Å². The normalized spacial score (nSPS) is 12.1. The molecule has 0 aliphatic heterocycles. The third-order valence-corrected chi connectivity index (χ3v) is 16.0. The van der Waals surface area contributed by atoms with Crippen molar-refractivity contribution in [3.8, 4) is 44.5 Å². The van der Waals surface area contributed by atoms with E-state index in [4.69, 9.17) is 0 Å². The lowest BCUT2D eigenvalue weighted by molar-refractivity contribution is 1.61. The van der Waals surface area contributed by atoms with E-state index in [0.29, 0.717) is 0 Å². The molecule has 8 aromatic carbocycles. The van der Waals surface area contributed by atoms with Gasteiger partial charge in [-0.3, -0.25) is 0 Å². The Morgan fingerprint density at radius 1 is 0.222 bits per heavy atom. The number of fused-ring (bicyclic) bond motifs is 11. The van der Waals surface area contributed by atoms with Crippen molar-refractivity contribution in [1.29, 1.82) is 0 Å². The van der Waals surface area contributed by atoms with E-state index in [2.05, 4.69) is 170 Å². The molecule has 4 heterocycles. The number of rotatable bonds is 4.